The zero-order chi connectivity index (χ0) is 27.5. The van der Waals surface area contributed by atoms with Crippen molar-refractivity contribution in [1.29, 1.82) is 0 Å². The van der Waals surface area contributed by atoms with Gasteiger partial charge < -0.3 is 14.3 Å². The number of esters is 1. The largest absolute Gasteiger partial charge is 0.458 e. The van der Waals surface area contributed by atoms with Crippen molar-refractivity contribution in [2.75, 3.05) is 18.1 Å². The van der Waals surface area contributed by atoms with Crippen molar-refractivity contribution in [3.05, 3.63) is 90.5 Å². The molecule has 0 saturated carbocycles. The molecule has 0 aliphatic carbocycles. The molecule has 202 valence electrons. The van der Waals surface area contributed by atoms with E-state index in [0.29, 0.717) is 46.7 Å². The van der Waals surface area contributed by atoms with Crippen molar-refractivity contribution in [3.8, 4) is 11.1 Å². The second-order valence-corrected chi connectivity index (χ2v) is 9.15. The van der Waals surface area contributed by atoms with Crippen LogP contribution in [0.3, 0.4) is 0 Å². The normalized spacial score (nSPS) is 18.3. The fourth-order valence-electron chi connectivity index (χ4n) is 4.40. The molecule has 4 aromatic rings. The van der Waals surface area contributed by atoms with E-state index in [2.05, 4.69) is 25.4 Å². The molecule has 1 saturated heterocycles. The third kappa shape index (κ3) is 5.34. The van der Waals surface area contributed by atoms with Gasteiger partial charge >= 0.3 is 12.1 Å². The number of aromatic nitrogens is 5. The smallest absolute Gasteiger partial charge is 0.414 e. The minimum atomic E-state index is -0.548. The Kier molecular flexibility index (Phi) is 6.83. The van der Waals surface area contributed by atoms with Crippen LogP contribution in [0.15, 0.2) is 78.6 Å². The summed E-state index contributed by atoms with van der Waals surface area (Å²) in [5.74, 6) is -0.995. The average molecular weight is 544 g/mol. The lowest BCUT2D eigenvalue weighted by Crippen LogP contribution is -2.26. The van der Waals surface area contributed by atoms with Crippen molar-refractivity contribution < 1.29 is 28.3 Å². The maximum Gasteiger partial charge on any atom is 0.414 e. The van der Waals surface area contributed by atoms with E-state index in [4.69, 9.17) is 14.3 Å². The van der Waals surface area contributed by atoms with Gasteiger partial charge in [0.1, 0.15) is 24.2 Å². The Labute approximate surface area is 227 Å². The van der Waals surface area contributed by atoms with Crippen molar-refractivity contribution in [3.63, 3.8) is 0 Å². The molecule has 6 rings (SSSR count). The summed E-state index contributed by atoms with van der Waals surface area (Å²) >= 11 is 0. The van der Waals surface area contributed by atoms with Crippen molar-refractivity contribution >= 4 is 23.5 Å². The molecule has 2 aliphatic heterocycles. The predicted octanol–water partition coefficient (Wildman–Crippen LogP) is 3.25. The summed E-state index contributed by atoms with van der Waals surface area (Å²) in [6.45, 7) is 0.651. The number of nitrogens with zero attached hydrogens (tertiary/aromatic N) is 7. The summed E-state index contributed by atoms with van der Waals surface area (Å²) < 4.78 is 27.4. The molecule has 2 atom stereocenters. The van der Waals surface area contributed by atoms with Crippen LogP contribution in [0.2, 0.25) is 0 Å². The molecular formula is C27H22FN7O5. The van der Waals surface area contributed by atoms with Crippen LogP contribution in [0.4, 0.5) is 14.9 Å². The highest BCUT2D eigenvalue weighted by molar-refractivity contribution is 6.00. The second kappa shape index (κ2) is 10.9. The number of benzene rings is 1. The number of cyclic esters (lactones) is 1. The zero-order valence-electron chi connectivity index (χ0n) is 21.0. The molecule has 13 heteroatoms. The lowest BCUT2D eigenvalue weighted by atomic mass is 10.0. The van der Waals surface area contributed by atoms with Gasteiger partial charge in [-0.2, -0.15) is 0 Å². The third-order valence-corrected chi connectivity index (χ3v) is 6.40. The van der Waals surface area contributed by atoms with Crippen LogP contribution in [0.1, 0.15) is 22.5 Å². The van der Waals surface area contributed by atoms with Gasteiger partial charge in [0, 0.05) is 42.3 Å². The Morgan fingerprint density at radius 2 is 2.05 bits per heavy atom. The van der Waals surface area contributed by atoms with Crippen LogP contribution in [0, 0.1) is 5.82 Å². The van der Waals surface area contributed by atoms with E-state index < -0.39 is 30.1 Å². The van der Waals surface area contributed by atoms with E-state index >= 15 is 4.39 Å². The summed E-state index contributed by atoms with van der Waals surface area (Å²) in [5.41, 5.74) is 2.80. The zero-order valence-corrected chi connectivity index (χ0v) is 21.0. The van der Waals surface area contributed by atoms with Crippen LogP contribution < -0.4 is 4.90 Å². The van der Waals surface area contributed by atoms with Crippen molar-refractivity contribution in [1.82, 2.24) is 25.0 Å². The number of amides is 1. The maximum atomic E-state index is 15.1. The Balaban J connectivity index is 1.06. The van der Waals surface area contributed by atoms with Crippen molar-refractivity contribution in [2.45, 2.75) is 25.2 Å². The van der Waals surface area contributed by atoms with Crippen LogP contribution in [-0.2, 0) is 20.9 Å². The van der Waals surface area contributed by atoms with Crippen LogP contribution in [-0.4, -0.2) is 68.1 Å². The van der Waals surface area contributed by atoms with Gasteiger partial charge in [-0.3, -0.25) is 14.9 Å². The first-order chi connectivity index (χ1) is 19.5. The van der Waals surface area contributed by atoms with E-state index in [-0.39, 0.29) is 13.2 Å². The highest BCUT2D eigenvalue weighted by atomic mass is 19.1. The molecule has 5 heterocycles. The van der Waals surface area contributed by atoms with Crippen LogP contribution >= 0.6 is 0 Å². The monoisotopic (exact) mass is 543 g/mol. The molecule has 0 unspecified atom stereocenters. The molecule has 1 fully saturated rings. The first-order valence-electron chi connectivity index (χ1n) is 12.4. The van der Waals surface area contributed by atoms with Gasteiger partial charge in [-0.25, -0.2) is 18.7 Å². The summed E-state index contributed by atoms with van der Waals surface area (Å²) in [6, 6.07) is 11.3. The number of ether oxygens (including phenoxy) is 2. The molecule has 0 N–H and O–H groups in total. The Hall–Kier alpha value is -5.20. The first kappa shape index (κ1) is 25.1. The summed E-state index contributed by atoms with van der Waals surface area (Å²) in [6.07, 6.45) is 6.76. The molecule has 0 radical (unpaired) electrons. The summed E-state index contributed by atoms with van der Waals surface area (Å²) in [7, 11) is 0. The number of carbonyl (C=O) groups is 2. The van der Waals surface area contributed by atoms with Crippen LogP contribution in [0.5, 0.6) is 0 Å². The van der Waals surface area contributed by atoms with Gasteiger partial charge in [-0.1, -0.05) is 16.4 Å². The number of hydrogen-bond donors (Lipinski definition) is 0. The van der Waals surface area contributed by atoms with Crippen molar-refractivity contribution in [2.24, 2.45) is 5.16 Å². The van der Waals surface area contributed by atoms with Gasteiger partial charge in [0.2, 0.25) is 0 Å². The van der Waals surface area contributed by atoms with Gasteiger partial charge in [0.15, 0.2) is 6.10 Å². The first-order valence-corrected chi connectivity index (χ1v) is 12.4. The fraction of sp³-hybridized carbons (Fsp3) is 0.222. The Bertz CT molecular complexity index is 1550. The maximum absolute atomic E-state index is 15.1. The van der Waals surface area contributed by atoms with E-state index in [9.17, 15) is 9.59 Å². The molecule has 0 spiro atoms. The number of oxime groups is 1. The van der Waals surface area contributed by atoms with E-state index in [0.717, 1.165) is 0 Å². The molecule has 0 bridgehead atoms. The van der Waals surface area contributed by atoms with Crippen LogP contribution in [0.25, 0.3) is 11.1 Å². The topological polar surface area (TPSA) is 134 Å². The lowest BCUT2D eigenvalue weighted by Gasteiger charge is -2.14. The minimum Gasteiger partial charge on any atom is -0.458 e. The molecule has 2 aliphatic rings. The number of rotatable bonds is 8. The molecular weight excluding hydrogens is 521 g/mol. The van der Waals surface area contributed by atoms with Gasteiger partial charge in [-0.15, -0.1) is 5.10 Å². The highest BCUT2D eigenvalue weighted by Crippen LogP contribution is 2.29. The quantitative estimate of drug-likeness (QED) is 0.307. The van der Waals surface area contributed by atoms with Gasteiger partial charge in [-0.05, 0) is 36.4 Å². The second-order valence-electron chi connectivity index (χ2n) is 9.15. The average Bonchev–Trinajstić information content (AvgIpc) is 3.74. The third-order valence-electron chi connectivity index (χ3n) is 6.40. The van der Waals surface area contributed by atoms with E-state index in [1.165, 1.54) is 17.2 Å². The van der Waals surface area contributed by atoms with E-state index in [1.807, 2.05) is 0 Å². The number of anilines is 1. The highest BCUT2D eigenvalue weighted by Gasteiger charge is 2.33. The van der Waals surface area contributed by atoms with Gasteiger partial charge in [0.05, 0.1) is 36.2 Å². The Morgan fingerprint density at radius 3 is 2.80 bits per heavy atom. The lowest BCUT2D eigenvalue weighted by molar-refractivity contribution is 0.00683. The number of carbonyl (C=O) groups excluding carboxylic acids is 2. The Morgan fingerprint density at radius 1 is 1.12 bits per heavy atom. The number of pyridine rings is 2. The molecule has 1 amide bonds. The minimum absolute atomic E-state index is 0.0299. The molecule has 3 aromatic heterocycles. The standard InChI is InChI=1S/C27H22FN7O5/c28-23-10-19(35-15-21(39-27(35)37)14-34-9-8-31-33-34)4-5-22(23)17-3-6-24(30-13-17)25-11-20(40-32-25)16-38-26(36)18-2-1-7-29-12-18/h1-10,12-13,20-21H,11,14-16H2/t20-,21-/m0/s1. The molecule has 12 nitrogen and oxygen atoms in total. The molecule has 1 aromatic carbocycles. The van der Waals surface area contributed by atoms with Gasteiger partial charge in [0.25, 0.3) is 0 Å². The predicted molar refractivity (Wildman–Crippen MR) is 138 cm³/mol. The number of halogens is 1. The number of hydrogen-bond acceptors (Lipinski definition) is 10. The SMILES string of the molecule is O=C(OC[C@@H]1CC(c2ccc(-c3ccc(N4C[C@H](Cn5ccnn5)OC4=O)cc3F)cn2)=NO1)c1cccnc1. The summed E-state index contributed by atoms with van der Waals surface area (Å²) in [4.78, 5) is 39.6. The van der Waals surface area contributed by atoms with E-state index in [1.54, 1.807) is 65.9 Å². The molecule has 40 heavy (non-hydrogen) atoms. The fourth-order valence-corrected chi connectivity index (χ4v) is 4.40. The summed E-state index contributed by atoms with van der Waals surface area (Å²) in [5, 5.41) is 11.7.